The Balaban J connectivity index is 1.75. The summed E-state index contributed by atoms with van der Waals surface area (Å²) in [5, 5.41) is 2.66. The van der Waals surface area contributed by atoms with Crippen molar-refractivity contribution in [1.29, 1.82) is 0 Å². The van der Waals surface area contributed by atoms with Crippen molar-refractivity contribution in [2.75, 3.05) is 11.9 Å². The Hall–Kier alpha value is -2.90. The fraction of sp³-hybridized carbons (Fsp3) is 0.227. The molecule has 0 saturated heterocycles. The Labute approximate surface area is 170 Å². The van der Waals surface area contributed by atoms with Gasteiger partial charge >= 0.3 is 0 Å². The average molecular weight is 410 g/mol. The van der Waals surface area contributed by atoms with Crippen LogP contribution in [0.25, 0.3) is 0 Å². The molecule has 29 heavy (non-hydrogen) atoms. The van der Waals surface area contributed by atoms with Gasteiger partial charge in [0.05, 0.1) is 10.9 Å². The van der Waals surface area contributed by atoms with Gasteiger partial charge in [0.25, 0.3) is 0 Å². The standard InChI is InChI=1S/C22H23N3O3S/c1-16-5-7-18(8-6-16)22-21-4-3-13-24(21)14-15-25(22)29(27,28)20-11-9-19(10-12-20)23-17(2)26/h3-13,22H,14-15H2,1-2H3,(H,23,26)/t22-/m1/s1. The molecule has 0 saturated carbocycles. The number of aryl methyl sites for hydroxylation is 1. The van der Waals surface area contributed by atoms with Crippen LogP contribution in [-0.4, -0.2) is 29.7 Å². The second-order valence-corrected chi connectivity index (χ2v) is 9.15. The number of amides is 1. The van der Waals surface area contributed by atoms with E-state index < -0.39 is 10.0 Å². The van der Waals surface area contributed by atoms with E-state index in [0.29, 0.717) is 18.8 Å². The highest BCUT2D eigenvalue weighted by Gasteiger charge is 2.37. The van der Waals surface area contributed by atoms with E-state index >= 15 is 0 Å². The predicted octanol–water partition coefficient (Wildman–Crippen LogP) is 3.55. The molecule has 1 N–H and O–H groups in total. The fourth-order valence-corrected chi connectivity index (χ4v) is 5.34. The molecular formula is C22H23N3O3S. The minimum absolute atomic E-state index is 0.197. The van der Waals surface area contributed by atoms with E-state index in [1.807, 2.05) is 49.5 Å². The van der Waals surface area contributed by atoms with Crippen LogP contribution in [0.2, 0.25) is 0 Å². The Morgan fingerprint density at radius 1 is 1.00 bits per heavy atom. The lowest BCUT2D eigenvalue weighted by Crippen LogP contribution is -2.42. The number of nitrogens with one attached hydrogen (secondary N) is 1. The number of hydrogen-bond donors (Lipinski definition) is 1. The second-order valence-electron chi connectivity index (χ2n) is 7.26. The fourth-order valence-electron chi connectivity index (χ4n) is 3.76. The monoisotopic (exact) mass is 409 g/mol. The van der Waals surface area contributed by atoms with Crippen LogP contribution >= 0.6 is 0 Å². The van der Waals surface area contributed by atoms with Crippen LogP contribution < -0.4 is 5.32 Å². The molecule has 7 heteroatoms. The van der Waals surface area contributed by atoms with Crippen molar-refractivity contribution in [3.05, 3.63) is 83.7 Å². The summed E-state index contributed by atoms with van der Waals surface area (Å²) in [7, 11) is -3.73. The highest BCUT2D eigenvalue weighted by atomic mass is 32.2. The van der Waals surface area contributed by atoms with Crippen molar-refractivity contribution in [3.63, 3.8) is 0 Å². The molecule has 0 bridgehead atoms. The lowest BCUT2D eigenvalue weighted by Gasteiger charge is -2.36. The lowest BCUT2D eigenvalue weighted by molar-refractivity contribution is -0.114. The number of fused-ring (bicyclic) bond motifs is 1. The normalized spacial score (nSPS) is 17.0. The molecule has 1 aromatic heterocycles. The minimum atomic E-state index is -3.73. The van der Waals surface area contributed by atoms with E-state index in [1.54, 1.807) is 28.6 Å². The molecule has 2 aromatic carbocycles. The largest absolute Gasteiger partial charge is 0.348 e. The minimum Gasteiger partial charge on any atom is -0.348 e. The summed E-state index contributed by atoms with van der Waals surface area (Å²) in [5.74, 6) is -0.197. The number of nitrogens with zero attached hydrogens (tertiary/aromatic N) is 2. The van der Waals surface area contributed by atoms with E-state index in [0.717, 1.165) is 16.8 Å². The van der Waals surface area contributed by atoms with E-state index in [9.17, 15) is 13.2 Å². The number of carbonyl (C=O) groups excluding carboxylic acids is 1. The van der Waals surface area contributed by atoms with Gasteiger partial charge in [-0.25, -0.2) is 8.42 Å². The summed E-state index contributed by atoms with van der Waals surface area (Å²) in [6.45, 7) is 4.42. The predicted molar refractivity (Wildman–Crippen MR) is 112 cm³/mol. The van der Waals surface area contributed by atoms with Crippen molar-refractivity contribution in [2.45, 2.75) is 31.3 Å². The molecule has 2 heterocycles. The van der Waals surface area contributed by atoms with Crippen molar-refractivity contribution in [2.24, 2.45) is 0 Å². The molecule has 4 rings (SSSR count). The van der Waals surface area contributed by atoms with Gasteiger partial charge in [0.2, 0.25) is 15.9 Å². The molecule has 3 aromatic rings. The van der Waals surface area contributed by atoms with Gasteiger partial charge in [0.1, 0.15) is 0 Å². The van der Waals surface area contributed by atoms with Crippen LogP contribution in [0.1, 0.15) is 29.8 Å². The maximum absolute atomic E-state index is 13.5. The third-order valence-corrected chi connectivity index (χ3v) is 7.05. The molecule has 1 aliphatic heterocycles. The van der Waals surface area contributed by atoms with Crippen molar-refractivity contribution < 1.29 is 13.2 Å². The van der Waals surface area contributed by atoms with Crippen LogP contribution in [-0.2, 0) is 21.4 Å². The van der Waals surface area contributed by atoms with Crippen LogP contribution in [0.15, 0.2) is 71.8 Å². The van der Waals surface area contributed by atoms with Gasteiger partial charge in [0.15, 0.2) is 0 Å². The first-order chi connectivity index (χ1) is 13.9. The number of benzene rings is 2. The third-order valence-electron chi connectivity index (χ3n) is 5.17. The van der Waals surface area contributed by atoms with Crippen LogP contribution in [0.3, 0.4) is 0 Å². The lowest BCUT2D eigenvalue weighted by atomic mass is 10.0. The molecule has 0 radical (unpaired) electrons. The van der Waals surface area contributed by atoms with Crippen LogP contribution in [0, 0.1) is 6.92 Å². The molecule has 0 unspecified atom stereocenters. The Kier molecular flexibility index (Phi) is 5.02. The van der Waals surface area contributed by atoms with Crippen LogP contribution in [0.4, 0.5) is 5.69 Å². The van der Waals surface area contributed by atoms with Gasteiger partial charge in [-0.3, -0.25) is 4.79 Å². The second kappa shape index (κ2) is 7.50. The SMILES string of the molecule is CC(=O)Nc1ccc(S(=O)(=O)N2CCn3cccc3[C@H]2c2ccc(C)cc2)cc1. The zero-order valence-corrected chi connectivity index (χ0v) is 17.2. The Morgan fingerprint density at radius 3 is 2.34 bits per heavy atom. The van der Waals surface area contributed by atoms with Gasteiger partial charge < -0.3 is 9.88 Å². The number of anilines is 1. The first kappa shape index (κ1) is 19.4. The average Bonchev–Trinajstić information content (AvgIpc) is 3.17. The van der Waals surface area contributed by atoms with Crippen molar-refractivity contribution in [3.8, 4) is 0 Å². The molecular weight excluding hydrogens is 386 g/mol. The zero-order valence-electron chi connectivity index (χ0n) is 16.4. The topological polar surface area (TPSA) is 71.4 Å². The molecule has 1 amide bonds. The van der Waals surface area contributed by atoms with Gasteiger partial charge in [-0.2, -0.15) is 4.31 Å². The van der Waals surface area contributed by atoms with E-state index in [-0.39, 0.29) is 16.8 Å². The van der Waals surface area contributed by atoms with Gasteiger partial charge in [-0.05, 0) is 48.9 Å². The zero-order chi connectivity index (χ0) is 20.6. The maximum Gasteiger partial charge on any atom is 0.244 e. The number of aromatic nitrogens is 1. The molecule has 1 aliphatic rings. The van der Waals surface area contributed by atoms with Gasteiger partial charge in [-0.15, -0.1) is 0 Å². The summed E-state index contributed by atoms with van der Waals surface area (Å²) in [5.41, 5.74) is 3.59. The molecule has 0 spiro atoms. The third kappa shape index (κ3) is 3.71. The molecule has 1 atom stereocenters. The van der Waals surface area contributed by atoms with Crippen LogP contribution in [0.5, 0.6) is 0 Å². The smallest absolute Gasteiger partial charge is 0.244 e. The summed E-state index contributed by atoms with van der Waals surface area (Å²) in [6.07, 6.45) is 1.99. The number of sulfonamides is 1. The molecule has 6 nitrogen and oxygen atoms in total. The van der Waals surface area contributed by atoms with E-state index in [2.05, 4.69) is 9.88 Å². The molecule has 150 valence electrons. The summed E-state index contributed by atoms with van der Waals surface area (Å²) in [4.78, 5) is 11.4. The Bertz CT molecular complexity index is 1130. The number of hydrogen-bond acceptors (Lipinski definition) is 3. The number of rotatable bonds is 4. The number of carbonyl (C=O) groups is 1. The molecule has 0 fully saturated rings. The summed E-state index contributed by atoms with van der Waals surface area (Å²) in [6, 6.07) is 17.8. The van der Waals surface area contributed by atoms with Crippen molar-refractivity contribution in [1.82, 2.24) is 8.87 Å². The van der Waals surface area contributed by atoms with Crippen molar-refractivity contribution >= 4 is 21.6 Å². The first-order valence-electron chi connectivity index (χ1n) is 9.47. The highest BCUT2D eigenvalue weighted by Crippen LogP contribution is 2.36. The van der Waals surface area contributed by atoms with E-state index in [4.69, 9.17) is 0 Å². The van der Waals surface area contributed by atoms with Gasteiger partial charge in [-0.1, -0.05) is 29.8 Å². The Morgan fingerprint density at radius 2 is 1.69 bits per heavy atom. The highest BCUT2D eigenvalue weighted by molar-refractivity contribution is 7.89. The summed E-state index contributed by atoms with van der Waals surface area (Å²) < 4.78 is 30.7. The quantitative estimate of drug-likeness (QED) is 0.716. The summed E-state index contributed by atoms with van der Waals surface area (Å²) >= 11 is 0. The van der Waals surface area contributed by atoms with E-state index in [1.165, 1.54) is 6.92 Å². The van der Waals surface area contributed by atoms with Gasteiger partial charge in [0, 0.05) is 37.6 Å². The molecule has 0 aliphatic carbocycles. The maximum atomic E-state index is 13.5. The first-order valence-corrected chi connectivity index (χ1v) is 10.9.